The molecule has 1 aromatic rings. The summed E-state index contributed by atoms with van der Waals surface area (Å²) in [5.41, 5.74) is -0.489. The van der Waals surface area contributed by atoms with E-state index in [1.807, 2.05) is 39.8 Å². The second-order valence-electron chi connectivity index (χ2n) is 6.66. The average Bonchev–Trinajstić information content (AvgIpc) is 3.00. The molecule has 6 heteroatoms. The lowest BCUT2D eigenvalue weighted by atomic mass is 10.2. The molecule has 124 valence electrons. The first-order chi connectivity index (χ1) is 10.3. The molecule has 0 saturated carbocycles. The highest BCUT2D eigenvalue weighted by Crippen LogP contribution is 2.18. The second kappa shape index (κ2) is 6.71. The van der Waals surface area contributed by atoms with E-state index in [4.69, 9.17) is 13.9 Å². The normalized spacial score (nSPS) is 22.1. The van der Waals surface area contributed by atoms with E-state index < -0.39 is 5.60 Å². The number of rotatable bonds is 4. The summed E-state index contributed by atoms with van der Waals surface area (Å²) in [7, 11) is 1.66. The standard InChI is InChI=1S/C16H26N2O4/c1-11-6-7-12(21-11)8-17-13-9-18(10-14(13)20-5)15(19)22-16(2,3)4/h6-7,13-14,17H,8-10H2,1-5H3/t13?,14-/m0/s1. The first-order valence-electron chi connectivity index (χ1n) is 7.58. The molecule has 0 aliphatic carbocycles. The SMILES string of the molecule is CO[C@H]1CN(C(=O)OC(C)(C)C)CC1NCc1ccc(C)o1. The van der Waals surface area contributed by atoms with Gasteiger partial charge in [0, 0.05) is 13.7 Å². The molecule has 0 aromatic carbocycles. The minimum atomic E-state index is -0.489. The van der Waals surface area contributed by atoms with E-state index in [1.54, 1.807) is 12.0 Å². The number of furan rings is 1. The summed E-state index contributed by atoms with van der Waals surface area (Å²) in [6.07, 6.45) is -0.351. The van der Waals surface area contributed by atoms with Crippen LogP contribution < -0.4 is 5.32 Å². The summed E-state index contributed by atoms with van der Waals surface area (Å²) >= 11 is 0. The number of ether oxygens (including phenoxy) is 2. The van der Waals surface area contributed by atoms with Gasteiger partial charge in [-0.1, -0.05) is 0 Å². The number of methoxy groups -OCH3 is 1. The molecule has 0 spiro atoms. The summed E-state index contributed by atoms with van der Waals surface area (Å²) in [5, 5.41) is 3.39. The molecule has 1 unspecified atom stereocenters. The summed E-state index contributed by atoms with van der Waals surface area (Å²) in [6.45, 7) is 9.21. The number of nitrogens with one attached hydrogen (secondary N) is 1. The first-order valence-corrected chi connectivity index (χ1v) is 7.58. The van der Waals surface area contributed by atoms with Gasteiger partial charge in [0.25, 0.3) is 0 Å². The fraction of sp³-hybridized carbons (Fsp3) is 0.688. The molecule has 0 radical (unpaired) electrons. The van der Waals surface area contributed by atoms with Crippen LogP contribution in [-0.4, -0.2) is 48.9 Å². The van der Waals surface area contributed by atoms with E-state index in [-0.39, 0.29) is 18.2 Å². The summed E-state index contributed by atoms with van der Waals surface area (Å²) in [6, 6.07) is 3.94. The van der Waals surface area contributed by atoms with Gasteiger partial charge in [-0.15, -0.1) is 0 Å². The molecule has 1 N–H and O–H groups in total. The van der Waals surface area contributed by atoms with E-state index in [2.05, 4.69) is 5.32 Å². The third kappa shape index (κ3) is 4.48. The largest absolute Gasteiger partial charge is 0.465 e. The Hall–Kier alpha value is -1.53. The van der Waals surface area contributed by atoms with Crippen molar-refractivity contribution in [3.63, 3.8) is 0 Å². The molecular weight excluding hydrogens is 284 g/mol. The predicted octanol–water partition coefficient (Wildman–Crippen LogP) is 2.31. The highest BCUT2D eigenvalue weighted by Gasteiger charge is 2.37. The van der Waals surface area contributed by atoms with Crippen LogP contribution in [0.15, 0.2) is 16.5 Å². The Morgan fingerprint density at radius 1 is 1.41 bits per heavy atom. The third-order valence-electron chi connectivity index (χ3n) is 3.56. The minimum absolute atomic E-state index is 0.0522. The Kier molecular flexibility index (Phi) is 5.13. The fourth-order valence-electron chi connectivity index (χ4n) is 2.50. The van der Waals surface area contributed by atoms with Crippen molar-refractivity contribution in [1.29, 1.82) is 0 Å². The number of hydrogen-bond acceptors (Lipinski definition) is 5. The van der Waals surface area contributed by atoms with Gasteiger partial charge in [0.1, 0.15) is 17.1 Å². The maximum Gasteiger partial charge on any atom is 0.410 e. The number of amides is 1. The van der Waals surface area contributed by atoms with Gasteiger partial charge in [-0.3, -0.25) is 0 Å². The van der Waals surface area contributed by atoms with Gasteiger partial charge in [-0.05, 0) is 39.8 Å². The second-order valence-corrected chi connectivity index (χ2v) is 6.66. The lowest BCUT2D eigenvalue weighted by Gasteiger charge is -2.24. The molecule has 6 nitrogen and oxygen atoms in total. The Bertz CT molecular complexity index is 506. The molecule has 1 fully saturated rings. The van der Waals surface area contributed by atoms with E-state index in [0.717, 1.165) is 11.5 Å². The summed E-state index contributed by atoms with van der Waals surface area (Å²) in [5.74, 6) is 1.77. The van der Waals surface area contributed by atoms with Crippen LogP contribution in [0.4, 0.5) is 4.79 Å². The maximum atomic E-state index is 12.1. The van der Waals surface area contributed by atoms with Crippen LogP contribution in [0.5, 0.6) is 0 Å². The number of aryl methyl sites for hydroxylation is 1. The van der Waals surface area contributed by atoms with E-state index in [0.29, 0.717) is 19.6 Å². The van der Waals surface area contributed by atoms with Crippen LogP contribution in [0.3, 0.4) is 0 Å². The van der Waals surface area contributed by atoms with Crippen molar-refractivity contribution in [1.82, 2.24) is 10.2 Å². The van der Waals surface area contributed by atoms with Crippen LogP contribution in [0, 0.1) is 6.92 Å². The number of carbonyl (C=O) groups is 1. The molecule has 1 saturated heterocycles. The molecule has 1 aliphatic heterocycles. The first kappa shape index (κ1) is 16.8. The van der Waals surface area contributed by atoms with Gasteiger partial charge in [0.2, 0.25) is 0 Å². The van der Waals surface area contributed by atoms with Crippen LogP contribution in [0.25, 0.3) is 0 Å². The molecule has 22 heavy (non-hydrogen) atoms. The third-order valence-corrected chi connectivity index (χ3v) is 3.56. The fourth-order valence-corrected chi connectivity index (χ4v) is 2.50. The van der Waals surface area contributed by atoms with E-state index in [1.165, 1.54) is 0 Å². The quantitative estimate of drug-likeness (QED) is 0.924. The Morgan fingerprint density at radius 2 is 2.14 bits per heavy atom. The van der Waals surface area contributed by atoms with Crippen molar-refractivity contribution in [3.05, 3.63) is 23.7 Å². The zero-order valence-corrected chi connectivity index (χ0v) is 14.0. The zero-order valence-electron chi connectivity index (χ0n) is 14.0. The molecular formula is C16H26N2O4. The van der Waals surface area contributed by atoms with Gasteiger partial charge in [-0.25, -0.2) is 4.79 Å². The maximum absolute atomic E-state index is 12.1. The number of carbonyl (C=O) groups excluding carboxylic acids is 1. The monoisotopic (exact) mass is 310 g/mol. The van der Waals surface area contributed by atoms with Gasteiger partial charge >= 0.3 is 6.09 Å². The Morgan fingerprint density at radius 3 is 2.68 bits per heavy atom. The number of nitrogens with zero attached hydrogens (tertiary/aromatic N) is 1. The van der Waals surface area contributed by atoms with Gasteiger partial charge in [0.05, 0.1) is 25.2 Å². The smallest absolute Gasteiger partial charge is 0.410 e. The van der Waals surface area contributed by atoms with Crippen molar-refractivity contribution in [2.45, 2.75) is 52.0 Å². The van der Waals surface area contributed by atoms with Crippen LogP contribution >= 0.6 is 0 Å². The van der Waals surface area contributed by atoms with Gasteiger partial charge < -0.3 is 24.1 Å². The molecule has 2 heterocycles. The topological polar surface area (TPSA) is 63.9 Å². The highest BCUT2D eigenvalue weighted by atomic mass is 16.6. The molecule has 2 rings (SSSR count). The van der Waals surface area contributed by atoms with Crippen LogP contribution in [0.2, 0.25) is 0 Å². The molecule has 2 atom stereocenters. The summed E-state index contributed by atoms with van der Waals surface area (Å²) < 4.78 is 16.4. The molecule has 1 aliphatic rings. The van der Waals surface area contributed by atoms with Crippen molar-refractivity contribution in [3.8, 4) is 0 Å². The van der Waals surface area contributed by atoms with Crippen molar-refractivity contribution in [2.24, 2.45) is 0 Å². The summed E-state index contributed by atoms with van der Waals surface area (Å²) in [4.78, 5) is 13.8. The van der Waals surface area contributed by atoms with Crippen molar-refractivity contribution in [2.75, 3.05) is 20.2 Å². The van der Waals surface area contributed by atoms with Crippen LogP contribution in [-0.2, 0) is 16.0 Å². The van der Waals surface area contributed by atoms with Crippen LogP contribution in [0.1, 0.15) is 32.3 Å². The molecule has 1 amide bonds. The van der Waals surface area contributed by atoms with Crippen molar-refractivity contribution >= 4 is 6.09 Å². The number of likely N-dealkylation sites (tertiary alicyclic amines) is 1. The lowest BCUT2D eigenvalue weighted by Crippen LogP contribution is -2.40. The zero-order chi connectivity index (χ0) is 16.3. The lowest BCUT2D eigenvalue weighted by molar-refractivity contribution is 0.0252. The predicted molar refractivity (Wildman–Crippen MR) is 82.7 cm³/mol. The highest BCUT2D eigenvalue weighted by molar-refractivity contribution is 5.68. The van der Waals surface area contributed by atoms with Crippen molar-refractivity contribution < 1.29 is 18.7 Å². The Balaban J connectivity index is 1.90. The van der Waals surface area contributed by atoms with Gasteiger partial charge in [0.15, 0.2) is 0 Å². The Labute approximate surface area is 131 Å². The van der Waals surface area contributed by atoms with E-state index in [9.17, 15) is 4.79 Å². The van der Waals surface area contributed by atoms with E-state index >= 15 is 0 Å². The minimum Gasteiger partial charge on any atom is -0.465 e. The van der Waals surface area contributed by atoms with Gasteiger partial charge in [-0.2, -0.15) is 0 Å². The molecule has 0 bridgehead atoms. The number of hydrogen-bond donors (Lipinski definition) is 1. The average molecular weight is 310 g/mol. The molecule has 1 aromatic heterocycles.